The zero-order chi connectivity index (χ0) is 12.4. The molecule has 1 aromatic heterocycles. The van der Waals surface area contributed by atoms with E-state index in [4.69, 9.17) is 5.11 Å². The van der Waals surface area contributed by atoms with Crippen LogP contribution in [-0.4, -0.2) is 27.5 Å². The molecule has 0 radical (unpaired) electrons. The fraction of sp³-hybridized carbons (Fsp3) is 0.167. The quantitative estimate of drug-likeness (QED) is 0.820. The lowest BCUT2D eigenvalue weighted by molar-refractivity contribution is 0.0690. The minimum Gasteiger partial charge on any atom is -0.477 e. The van der Waals surface area contributed by atoms with Gasteiger partial charge in [-0.1, -0.05) is 12.1 Å². The van der Waals surface area contributed by atoms with Crippen LogP contribution in [0.25, 0.3) is 11.3 Å². The maximum atomic E-state index is 10.8. The van der Waals surface area contributed by atoms with Crippen LogP contribution in [0.3, 0.4) is 0 Å². The third-order valence-corrected chi connectivity index (χ3v) is 3.22. The number of hydrogen-bond donors (Lipinski definition) is 2. The van der Waals surface area contributed by atoms with Crippen molar-refractivity contribution in [3.63, 3.8) is 0 Å². The summed E-state index contributed by atoms with van der Waals surface area (Å²) in [6, 6.07) is 7.56. The smallest absolute Gasteiger partial charge is 0.353 e. The second-order valence-corrected chi connectivity index (χ2v) is 4.52. The number of nitrogens with zero attached hydrogens (tertiary/aromatic N) is 1. The molecule has 4 nitrogen and oxygen atoms in total. The van der Waals surface area contributed by atoms with Crippen molar-refractivity contribution in [1.29, 1.82) is 0 Å². The van der Waals surface area contributed by atoms with Crippen molar-refractivity contribution in [2.24, 2.45) is 0 Å². The van der Waals surface area contributed by atoms with E-state index in [1.54, 1.807) is 17.8 Å². The monoisotopic (exact) mass is 248 g/mol. The number of aromatic carboxylic acids is 1. The Morgan fingerprint density at radius 2 is 2.18 bits per heavy atom. The van der Waals surface area contributed by atoms with Gasteiger partial charge in [0.2, 0.25) is 0 Å². The van der Waals surface area contributed by atoms with Gasteiger partial charge in [0.25, 0.3) is 0 Å². The van der Waals surface area contributed by atoms with Gasteiger partial charge in [-0.05, 0) is 30.9 Å². The normalized spacial score (nSPS) is 10.5. The summed E-state index contributed by atoms with van der Waals surface area (Å²) in [5.74, 6) is -0.999. The first-order chi connectivity index (χ1) is 8.11. The number of hydrogen-bond acceptors (Lipinski definition) is 3. The molecule has 17 heavy (non-hydrogen) atoms. The van der Waals surface area contributed by atoms with Crippen molar-refractivity contribution < 1.29 is 9.90 Å². The highest BCUT2D eigenvalue weighted by Gasteiger charge is 2.11. The Balaban J connectivity index is 2.48. The van der Waals surface area contributed by atoms with Crippen LogP contribution in [0.4, 0.5) is 0 Å². The standard InChI is InChI=1S/C12H12N2O2S/c1-7-3-4-8(11(5-7)17-2)9-6-10(12(15)16)14-13-9/h3-6H,1-2H3,(H,13,14)(H,15,16). The molecule has 1 heterocycles. The molecule has 0 bridgehead atoms. The highest BCUT2D eigenvalue weighted by molar-refractivity contribution is 7.98. The minimum absolute atomic E-state index is 0.104. The van der Waals surface area contributed by atoms with Crippen LogP contribution in [0.2, 0.25) is 0 Å². The van der Waals surface area contributed by atoms with Crippen LogP contribution >= 0.6 is 11.8 Å². The van der Waals surface area contributed by atoms with E-state index in [2.05, 4.69) is 16.3 Å². The van der Waals surface area contributed by atoms with Gasteiger partial charge >= 0.3 is 5.97 Å². The summed E-state index contributed by atoms with van der Waals surface area (Å²) in [4.78, 5) is 11.9. The third-order valence-electron chi connectivity index (χ3n) is 2.44. The van der Waals surface area contributed by atoms with E-state index in [0.29, 0.717) is 5.69 Å². The van der Waals surface area contributed by atoms with Crippen molar-refractivity contribution in [2.75, 3.05) is 6.26 Å². The van der Waals surface area contributed by atoms with Crippen molar-refractivity contribution in [1.82, 2.24) is 10.2 Å². The largest absolute Gasteiger partial charge is 0.477 e. The molecule has 0 spiro atoms. The third kappa shape index (κ3) is 2.34. The molecule has 0 saturated heterocycles. The lowest BCUT2D eigenvalue weighted by atomic mass is 10.1. The van der Waals surface area contributed by atoms with E-state index in [1.807, 2.05) is 25.3 Å². The Morgan fingerprint density at radius 1 is 1.41 bits per heavy atom. The van der Waals surface area contributed by atoms with Crippen molar-refractivity contribution >= 4 is 17.7 Å². The number of aromatic amines is 1. The molecule has 5 heteroatoms. The molecule has 0 amide bonds. The van der Waals surface area contributed by atoms with Crippen LogP contribution < -0.4 is 0 Å². The number of aromatic nitrogens is 2. The molecule has 2 rings (SSSR count). The van der Waals surface area contributed by atoms with Crippen LogP contribution in [0.15, 0.2) is 29.2 Å². The summed E-state index contributed by atoms with van der Waals surface area (Å²) in [5.41, 5.74) is 2.89. The number of nitrogens with one attached hydrogen (secondary N) is 1. The van der Waals surface area contributed by atoms with Gasteiger partial charge in [0.05, 0.1) is 5.69 Å². The average molecular weight is 248 g/mol. The predicted molar refractivity (Wildman–Crippen MR) is 67.5 cm³/mol. The molecule has 0 saturated carbocycles. The average Bonchev–Trinajstić information content (AvgIpc) is 2.78. The summed E-state index contributed by atoms with van der Waals surface area (Å²) < 4.78 is 0. The maximum absolute atomic E-state index is 10.8. The van der Waals surface area contributed by atoms with E-state index in [1.165, 1.54) is 5.56 Å². The molecule has 0 unspecified atom stereocenters. The van der Waals surface area contributed by atoms with Gasteiger partial charge in [0.1, 0.15) is 5.69 Å². The lowest BCUT2D eigenvalue weighted by Gasteiger charge is -2.05. The highest BCUT2D eigenvalue weighted by Crippen LogP contribution is 2.30. The molecule has 0 aliphatic rings. The van der Waals surface area contributed by atoms with Crippen LogP contribution in [0.5, 0.6) is 0 Å². The number of thioether (sulfide) groups is 1. The molecule has 0 atom stereocenters. The zero-order valence-corrected chi connectivity index (χ0v) is 10.3. The zero-order valence-electron chi connectivity index (χ0n) is 9.52. The topological polar surface area (TPSA) is 66.0 Å². The first-order valence-corrected chi connectivity index (χ1v) is 6.28. The van der Waals surface area contributed by atoms with Gasteiger partial charge in [0, 0.05) is 10.5 Å². The number of aryl methyl sites for hydroxylation is 1. The second kappa shape index (κ2) is 4.63. The van der Waals surface area contributed by atoms with E-state index < -0.39 is 5.97 Å². The summed E-state index contributed by atoms with van der Waals surface area (Å²) >= 11 is 1.62. The Morgan fingerprint density at radius 3 is 2.76 bits per heavy atom. The number of benzene rings is 1. The number of carboxylic acids is 1. The molecule has 1 aromatic carbocycles. The predicted octanol–water partition coefficient (Wildman–Crippen LogP) is 2.81. The summed E-state index contributed by atoms with van der Waals surface area (Å²) in [7, 11) is 0. The molecule has 88 valence electrons. The molecule has 0 fully saturated rings. The van der Waals surface area contributed by atoms with Crippen LogP contribution in [0.1, 0.15) is 16.1 Å². The number of carbonyl (C=O) groups is 1. The highest BCUT2D eigenvalue weighted by atomic mass is 32.2. The van der Waals surface area contributed by atoms with Gasteiger partial charge < -0.3 is 5.11 Å². The number of H-pyrrole nitrogens is 1. The summed E-state index contributed by atoms with van der Waals surface area (Å²) in [5, 5.41) is 15.4. The molecule has 2 N–H and O–H groups in total. The molecular weight excluding hydrogens is 236 g/mol. The molecule has 0 aliphatic carbocycles. The Bertz CT molecular complexity index is 563. The molecule has 2 aromatic rings. The maximum Gasteiger partial charge on any atom is 0.353 e. The van der Waals surface area contributed by atoms with Gasteiger partial charge in [0.15, 0.2) is 0 Å². The fourth-order valence-electron chi connectivity index (χ4n) is 1.58. The first-order valence-electron chi connectivity index (χ1n) is 5.05. The van der Waals surface area contributed by atoms with Crippen LogP contribution in [-0.2, 0) is 0 Å². The van der Waals surface area contributed by atoms with Gasteiger partial charge in [-0.2, -0.15) is 5.10 Å². The van der Waals surface area contributed by atoms with E-state index in [-0.39, 0.29) is 5.69 Å². The van der Waals surface area contributed by atoms with Crippen molar-refractivity contribution in [3.05, 3.63) is 35.5 Å². The molecule has 0 aliphatic heterocycles. The van der Waals surface area contributed by atoms with E-state index in [9.17, 15) is 4.79 Å². The Kier molecular flexibility index (Phi) is 3.19. The van der Waals surface area contributed by atoms with E-state index in [0.717, 1.165) is 10.5 Å². The second-order valence-electron chi connectivity index (χ2n) is 3.68. The van der Waals surface area contributed by atoms with Gasteiger partial charge in [-0.25, -0.2) is 4.79 Å². The SMILES string of the molecule is CSc1cc(C)ccc1-c1cc(C(=O)O)[nH]n1. The summed E-state index contributed by atoms with van der Waals surface area (Å²) in [6.07, 6.45) is 1.99. The van der Waals surface area contributed by atoms with Crippen molar-refractivity contribution in [3.8, 4) is 11.3 Å². The number of carboxylic acid groups (broad SMARTS) is 1. The number of rotatable bonds is 3. The first kappa shape index (κ1) is 11.7. The van der Waals surface area contributed by atoms with Gasteiger partial charge in [-0.15, -0.1) is 11.8 Å². The van der Waals surface area contributed by atoms with Crippen molar-refractivity contribution in [2.45, 2.75) is 11.8 Å². The lowest BCUT2D eigenvalue weighted by Crippen LogP contribution is -1.95. The Hall–Kier alpha value is -1.75. The van der Waals surface area contributed by atoms with Crippen LogP contribution in [0, 0.1) is 6.92 Å². The fourth-order valence-corrected chi connectivity index (χ4v) is 2.28. The van der Waals surface area contributed by atoms with Gasteiger partial charge in [-0.3, -0.25) is 5.10 Å². The minimum atomic E-state index is -0.999. The Labute approximate surface area is 103 Å². The molecular formula is C12H12N2O2S. The summed E-state index contributed by atoms with van der Waals surface area (Å²) in [6.45, 7) is 2.02. The van der Waals surface area contributed by atoms with E-state index >= 15 is 0 Å².